The van der Waals surface area contributed by atoms with Crippen molar-refractivity contribution in [1.82, 2.24) is 14.9 Å². The molecule has 10 heteroatoms. The van der Waals surface area contributed by atoms with Gasteiger partial charge in [-0.15, -0.1) is 0 Å². The number of halogens is 4. The Labute approximate surface area is 151 Å². The summed E-state index contributed by atoms with van der Waals surface area (Å²) in [5.41, 5.74) is 0.479. The Morgan fingerprint density at radius 2 is 2.00 bits per heavy atom. The zero-order valence-corrected chi connectivity index (χ0v) is 14.1. The van der Waals surface area contributed by atoms with Gasteiger partial charge in [-0.2, -0.15) is 13.2 Å². The highest BCUT2D eigenvalue weighted by atomic mass is 35.5. The molecular formula is C16H14ClF3N4O2. The molecule has 1 amide bonds. The average molecular weight is 387 g/mol. The number of rotatable bonds is 3. The highest BCUT2D eigenvalue weighted by Gasteiger charge is 2.34. The van der Waals surface area contributed by atoms with Crippen LogP contribution in [-0.2, 0) is 6.18 Å². The Morgan fingerprint density at radius 1 is 1.31 bits per heavy atom. The van der Waals surface area contributed by atoms with Gasteiger partial charge >= 0.3 is 12.3 Å². The predicted molar refractivity (Wildman–Crippen MR) is 88.7 cm³/mol. The molecule has 0 radical (unpaired) electrons. The third-order valence-corrected chi connectivity index (χ3v) is 4.43. The van der Waals surface area contributed by atoms with Gasteiger partial charge in [-0.3, -0.25) is 0 Å². The standard InChI is InChI=1S/C16H14ClF3N4O2/c17-13-12(16(18,19)20)7-21-14(23-13)22-11-3-1-9(2-4-11)10-5-6-24(8-10)15(25)26/h1-4,7,10H,5-6,8H2,(H,25,26)(H,21,22,23). The van der Waals surface area contributed by atoms with Crippen molar-refractivity contribution in [3.8, 4) is 0 Å². The first-order valence-electron chi connectivity index (χ1n) is 7.68. The first kappa shape index (κ1) is 18.2. The van der Waals surface area contributed by atoms with E-state index in [-0.39, 0.29) is 11.9 Å². The van der Waals surface area contributed by atoms with Crippen LogP contribution in [0.25, 0.3) is 0 Å². The van der Waals surface area contributed by atoms with Gasteiger partial charge in [0.2, 0.25) is 5.95 Å². The number of anilines is 2. The summed E-state index contributed by atoms with van der Waals surface area (Å²) in [5, 5.41) is 11.1. The van der Waals surface area contributed by atoms with E-state index in [2.05, 4.69) is 15.3 Å². The van der Waals surface area contributed by atoms with Gasteiger partial charge < -0.3 is 15.3 Å². The Bertz CT molecular complexity index is 814. The summed E-state index contributed by atoms with van der Waals surface area (Å²) in [6, 6.07) is 7.13. The molecule has 1 aromatic carbocycles. The summed E-state index contributed by atoms with van der Waals surface area (Å²) in [6.45, 7) is 0.942. The van der Waals surface area contributed by atoms with Crippen molar-refractivity contribution in [1.29, 1.82) is 0 Å². The molecule has 26 heavy (non-hydrogen) atoms. The van der Waals surface area contributed by atoms with E-state index >= 15 is 0 Å². The summed E-state index contributed by atoms with van der Waals surface area (Å²) >= 11 is 5.57. The van der Waals surface area contributed by atoms with Gasteiger partial charge in [-0.05, 0) is 24.1 Å². The number of nitrogens with one attached hydrogen (secondary N) is 1. The van der Waals surface area contributed by atoms with Crippen LogP contribution in [-0.4, -0.2) is 39.2 Å². The first-order valence-corrected chi connectivity index (χ1v) is 8.06. The SMILES string of the molecule is O=C(O)N1CCC(c2ccc(Nc3ncc(C(F)(F)F)c(Cl)n3)cc2)C1. The van der Waals surface area contributed by atoms with Crippen LogP contribution in [0, 0.1) is 0 Å². The van der Waals surface area contributed by atoms with E-state index in [0.717, 1.165) is 12.0 Å². The van der Waals surface area contributed by atoms with Gasteiger partial charge in [0.1, 0.15) is 10.7 Å². The summed E-state index contributed by atoms with van der Waals surface area (Å²) < 4.78 is 38.0. The molecule has 1 aliphatic rings. The molecule has 0 bridgehead atoms. The molecule has 138 valence electrons. The van der Waals surface area contributed by atoms with Crippen molar-refractivity contribution in [2.24, 2.45) is 0 Å². The molecule has 3 rings (SSSR count). The number of aromatic nitrogens is 2. The third kappa shape index (κ3) is 3.98. The predicted octanol–water partition coefficient (Wildman–Crippen LogP) is 4.36. The molecule has 0 spiro atoms. The number of alkyl halides is 3. The van der Waals surface area contributed by atoms with Gasteiger partial charge in [0, 0.05) is 30.9 Å². The Kier molecular flexibility index (Phi) is 4.90. The summed E-state index contributed by atoms with van der Waals surface area (Å²) in [5.74, 6) is 0.0746. The second kappa shape index (κ2) is 6.99. The maximum Gasteiger partial charge on any atom is 0.420 e. The van der Waals surface area contributed by atoms with E-state index in [1.165, 1.54) is 4.90 Å². The average Bonchev–Trinajstić information content (AvgIpc) is 3.04. The van der Waals surface area contributed by atoms with Gasteiger partial charge in [0.15, 0.2) is 0 Å². The minimum Gasteiger partial charge on any atom is -0.465 e. The second-order valence-corrected chi connectivity index (χ2v) is 6.22. The lowest BCUT2D eigenvalue weighted by atomic mass is 9.98. The van der Waals surface area contributed by atoms with Crippen LogP contribution in [0.1, 0.15) is 23.5 Å². The number of hydrogen-bond acceptors (Lipinski definition) is 4. The molecule has 1 atom stereocenters. The van der Waals surface area contributed by atoms with Crippen LogP contribution in [0.4, 0.5) is 29.6 Å². The van der Waals surface area contributed by atoms with E-state index in [1.54, 1.807) is 12.1 Å². The molecule has 1 fully saturated rings. The molecule has 0 aliphatic carbocycles. The zero-order chi connectivity index (χ0) is 18.9. The van der Waals surface area contributed by atoms with Crippen LogP contribution < -0.4 is 5.32 Å². The van der Waals surface area contributed by atoms with Crippen molar-refractivity contribution in [3.05, 3.63) is 46.7 Å². The molecule has 1 aromatic heterocycles. The Morgan fingerprint density at radius 3 is 2.54 bits per heavy atom. The number of likely N-dealkylation sites (tertiary alicyclic amines) is 1. The minimum absolute atomic E-state index is 0.0475. The third-order valence-electron chi connectivity index (χ3n) is 4.14. The fourth-order valence-corrected chi connectivity index (χ4v) is 3.02. The Hall–Kier alpha value is -2.55. The number of nitrogens with zero attached hydrogens (tertiary/aromatic N) is 3. The van der Waals surface area contributed by atoms with E-state index in [4.69, 9.17) is 16.7 Å². The first-order chi connectivity index (χ1) is 12.2. The van der Waals surface area contributed by atoms with Crippen LogP contribution in [0.3, 0.4) is 0 Å². The van der Waals surface area contributed by atoms with Gasteiger partial charge in [-0.25, -0.2) is 14.8 Å². The smallest absolute Gasteiger partial charge is 0.420 e. The fourth-order valence-electron chi connectivity index (χ4n) is 2.79. The summed E-state index contributed by atoms with van der Waals surface area (Å²) in [6.07, 6.45) is -4.16. The van der Waals surface area contributed by atoms with Crippen LogP contribution in [0.5, 0.6) is 0 Å². The van der Waals surface area contributed by atoms with Gasteiger partial charge in [0.25, 0.3) is 0 Å². The highest BCUT2D eigenvalue weighted by molar-refractivity contribution is 6.30. The molecule has 1 saturated heterocycles. The molecule has 1 aliphatic heterocycles. The summed E-state index contributed by atoms with van der Waals surface area (Å²) in [7, 11) is 0. The lowest BCUT2D eigenvalue weighted by Gasteiger charge is -2.13. The number of carbonyl (C=O) groups is 1. The summed E-state index contributed by atoms with van der Waals surface area (Å²) in [4.78, 5) is 19.6. The minimum atomic E-state index is -4.61. The maximum atomic E-state index is 12.7. The van der Waals surface area contributed by atoms with Crippen LogP contribution in [0.2, 0.25) is 5.15 Å². The van der Waals surface area contributed by atoms with Crippen LogP contribution in [0.15, 0.2) is 30.5 Å². The van der Waals surface area contributed by atoms with Gasteiger partial charge in [0.05, 0.1) is 0 Å². The molecule has 1 unspecified atom stereocenters. The zero-order valence-electron chi connectivity index (χ0n) is 13.3. The lowest BCUT2D eigenvalue weighted by Crippen LogP contribution is -2.26. The molecular weight excluding hydrogens is 373 g/mol. The van der Waals surface area contributed by atoms with E-state index < -0.39 is 23.0 Å². The normalized spacial score (nSPS) is 17.4. The number of carboxylic acid groups (broad SMARTS) is 1. The van der Waals surface area contributed by atoms with E-state index in [1.807, 2.05) is 12.1 Å². The maximum absolute atomic E-state index is 12.7. The van der Waals surface area contributed by atoms with Crippen LogP contribution >= 0.6 is 11.6 Å². The molecule has 2 heterocycles. The number of benzene rings is 1. The van der Waals surface area contributed by atoms with Crippen molar-refractivity contribution < 1.29 is 23.1 Å². The van der Waals surface area contributed by atoms with E-state index in [9.17, 15) is 18.0 Å². The lowest BCUT2D eigenvalue weighted by molar-refractivity contribution is -0.137. The number of amides is 1. The van der Waals surface area contributed by atoms with Crippen molar-refractivity contribution in [2.75, 3.05) is 18.4 Å². The monoisotopic (exact) mass is 386 g/mol. The van der Waals surface area contributed by atoms with E-state index in [0.29, 0.717) is 25.0 Å². The highest BCUT2D eigenvalue weighted by Crippen LogP contribution is 2.34. The molecule has 2 aromatic rings. The second-order valence-electron chi connectivity index (χ2n) is 5.86. The van der Waals surface area contributed by atoms with Crippen molar-refractivity contribution >= 4 is 29.3 Å². The molecule has 2 N–H and O–H groups in total. The quantitative estimate of drug-likeness (QED) is 0.766. The topological polar surface area (TPSA) is 78.4 Å². The van der Waals surface area contributed by atoms with Crippen molar-refractivity contribution in [3.63, 3.8) is 0 Å². The molecule has 0 saturated carbocycles. The van der Waals surface area contributed by atoms with Gasteiger partial charge in [-0.1, -0.05) is 23.7 Å². The molecule has 6 nitrogen and oxygen atoms in total. The van der Waals surface area contributed by atoms with Crippen molar-refractivity contribution in [2.45, 2.75) is 18.5 Å². The Balaban J connectivity index is 1.68. The number of hydrogen-bond donors (Lipinski definition) is 2. The largest absolute Gasteiger partial charge is 0.465 e. The fraction of sp³-hybridized carbons (Fsp3) is 0.312.